The largest absolute Gasteiger partial charge is 0.466 e. The molecule has 1 fully saturated rings. The number of ether oxygens (including phenoxy) is 1. The van der Waals surface area contributed by atoms with E-state index in [9.17, 15) is 4.79 Å². The van der Waals surface area contributed by atoms with Crippen LogP contribution < -0.4 is 0 Å². The van der Waals surface area contributed by atoms with Crippen LogP contribution in [-0.4, -0.2) is 27.5 Å². The molecule has 20 heavy (non-hydrogen) atoms. The molecule has 0 N–H and O–H groups in total. The zero-order chi connectivity index (χ0) is 15.6. The Hall–Kier alpha value is -0.873. The van der Waals surface area contributed by atoms with Gasteiger partial charge < -0.3 is 9.16 Å². The summed E-state index contributed by atoms with van der Waals surface area (Å²) in [4.78, 5) is 11.4. The topological polar surface area (TPSA) is 35.5 Å². The van der Waals surface area contributed by atoms with E-state index >= 15 is 0 Å². The van der Waals surface area contributed by atoms with Crippen molar-refractivity contribution in [2.75, 3.05) is 7.11 Å². The quantitative estimate of drug-likeness (QED) is 0.338. The van der Waals surface area contributed by atoms with Gasteiger partial charge in [-0.3, -0.25) is 0 Å². The third-order valence-corrected chi connectivity index (χ3v) is 8.92. The highest BCUT2D eigenvalue weighted by Crippen LogP contribution is 2.40. The van der Waals surface area contributed by atoms with Crippen LogP contribution in [-0.2, 0) is 14.0 Å². The first kappa shape index (κ1) is 17.2. The van der Waals surface area contributed by atoms with Crippen molar-refractivity contribution in [3.63, 3.8) is 0 Å². The Kier molecular flexibility index (Phi) is 5.38. The summed E-state index contributed by atoms with van der Waals surface area (Å²) in [6.07, 6.45) is 4.18. The van der Waals surface area contributed by atoms with Crippen LogP contribution in [0.1, 0.15) is 40.0 Å². The first-order valence-corrected chi connectivity index (χ1v) is 10.1. The van der Waals surface area contributed by atoms with E-state index in [2.05, 4.69) is 40.4 Å². The average molecular weight is 296 g/mol. The van der Waals surface area contributed by atoms with Crippen molar-refractivity contribution in [1.82, 2.24) is 0 Å². The molecular formula is C16H28O3Si. The van der Waals surface area contributed by atoms with Gasteiger partial charge in [-0.2, -0.15) is 0 Å². The van der Waals surface area contributed by atoms with Crippen LogP contribution in [0.2, 0.25) is 18.1 Å². The molecular weight excluding hydrogens is 268 g/mol. The Morgan fingerprint density at radius 1 is 1.35 bits per heavy atom. The molecule has 0 aromatic heterocycles. The van der Waals surface area contributed by atoms with E-state index in [1.807, 2.05) is 0 Å². The minimum absolute atomic E-state index is 0.0422. The van der Waals surface area contributed by atoms with Gasteiger partial charge in [-0.15, -0.1) is 0 Å². The van der Waals surface area contributed by atoms with Gasteiger partial charge in [0.05, 0.1) is 13.2 Å². The van der Waals surface area contributed by atoms with Gasteiger partial charge in [0.2, 0.25) is 0 Å². The maximum Gasteiger partial charge on any atom is 0.330 e. The monoisotopic (exact) mass is 296 g/mol. The van der Waals surface area contributed by atoms with Gasteiger partial charge in [-0.05, 0) is 43.0 Å². The van der Waals surface area contributed by atoms with Crippen LogP contribution in [0, 0.1) is 0 Å². The molecule has 0 heterocycles. The van der Waals surface area contributed by atoms with Crippen molar-refractivity contribution in [3.05, 3.63) is 23.8 Å². The second kappa shape index (κ2) is 6.27. The molecule has 0 unspecified atom stereocenters. The van der Waals surface area contributed by atoms with Gasteiger partial charge in [0, 0.05) is 6.08 Å². The molecule has 1 aliphatic rings. The zero-order valence-corrected chi connectivity index (χ0v) is 14.7. The summed E-state index contributed by atoms with van der Waals surface area (Å²) in [7, 11) is -0.409. The molecule has 0 aliphatic heterocycles. The van der Waals surface area contributed by atoms with E-state index in [1.54, 1.807) is 6.08 Å². The predicted molar refractivity (Wildman–Crippen MR) is 85.2 cm³/mol. The van der Waals surface area contributed by atoms with E-state index in [4.69, 9.17) is 9.16 Å². The molecule has 0 spiro atoms. The predicted octanol–water partition coefficient (Wildman–Crippen LogP) is 4.22. The van der Waals surface area contributed by atoms with Crippen molar-refractivity contribution in [1.29, 1.82) is 0 Å². The van der Waals surface area contributed by atoms with Crippen LogP contribution >= 0.6 is 0 Å². The number of carbonyl (C=O) groups excluding carboxylic acids is 1. The summed E-state index contributed by atoms with van der Waals surface area (Å²) in [6.45, 7) is 15.3. The van der Waals surface area contributed by atoms with Crippen molar-refractivity contribution in [3.8, 4) is 0 Å². The van der Waals surface area contributed by atoms with Gasteiger partial charge in [-0.25, -0.2) is 4.79 Å². The lowest BCUT2D eigenvalue weighted by Gasteiger charge is -2.41. The van der Waals surface area contributed by atoms with Gasteiger partial charge in [0.25, 0.3) is 0 Å². The van der Waals surface area contributed by atoms with E-state index in [0.717, 1.165) is 30.4 Å². The van der Waals surface area contributed by atoms with Crippen molar-refractivity contribution in [2.24, 2.45) is 0 Å². The molecule has 1 saturated carbocycles. The minimum Gasteiger partial charge on any atom is -0.466 e. The Bertz CT molecular complexity index is 416. The highest BCUT2D eigenvalue weighted by molar-refractivity contribution is 6.74. The highest BCUT2D eigenvalue weighted by Gasteiger charge is 2.40. The smallest absolute Gasteiger partial charge is 0.330 e. The van der Waals surface area contributed by atoms with E-state index in [1.165, 1.54) is 7.11 Å². The molecule has 3 nitrogen and oxygen atoms in total. The summed E-state index contributed by atoms with van der Waals surface area (Å²) in [6, 6.07) is 0. The molecule has 1 rings (SSSR count). The summed E-state index contributed by atoms with van der Waals surface area (Å²) in [5.41, 5.74) is 2.25. The van der Waals surface area contributed by atoms with Gasteiger partial charge in [0.1, 0.15) is 0 Å². The Morgan fingerprint density at radius 2 is 1.95 bits per heavy atom. The molecule has 1 aliphatic carbocycles. The van der Waals surface area contributed by atoms with Crippen LogP contribution in [0.15, 0.2) is 23.8 Å². The Labute approximate surface area is 124 Å². The molecule has 0 aromatic carbocycles. The molecule has 1 atom stereocenters. The van der Waals surface area contributed by atoms with Crippen LogP contribution in [0.3, 0.4) is 0 Å². The van der Waals surface area contributed by atoms with Crippen LogP contribution in [0.25, 0.3) is 0 Å². The Morgan fingerprint density at radius 3 is 2.45 bits per heavy atom. The fraction of sp³-hybridized carbons (Fsp3) is 0.688. The number of methoxy groups -OCH3 is 1. The molecule has 0 bridgehead atoms. The lowest BCUT2D eigenvalue weighted by molar-refractivity contribution is -0.134. The lowest BCUT2D eigenvalue weighted by atomic mass is 9.89. The maximum absolute atomic E-state index is 11.4. The molecule has 0 radical (unpaired) electrons. The standard InChI is InChI=1S/C16H28O3Si/c1-12-8-9-13(11-15(17)18-5)10-14(12)19-20(6,7)16(2,3)4/h11,14H,1,8-10H2,2-7H3/t14-/m1/s1. The van der Waals surface area contributed by atoms with Crippen LogP contribution in [0.5, 0.6) is 0 Å². The second-order valence-electron chi connectivity index (χ2n) is 7.05. The highest BCUT2D eigenvalue weighted by atomic mass is 28.4. The molecule has 114 valence electrons. The lowest BCUT2D eigenvalue weighted by Crippen LogP contribution is -2.45. The normalized spacial score (nSPS) is 23.0. The molecule has 0 saturated heterocycles. The number of esters is 1. The third-order valence-electron chi connectivity index (χ3n) is 4.44. The van der Waals surface area contributed by atoms with Gasteiger partial charge >= 0.3 is 5.97 Å². The van der Waals surface area contributed by atoms with Crippen LogP contribution in [0.4, 0.5) is 0 Å². The average Bonchev–Trinajstić information content (AvgIpc) is 2.31. The SMILES string of the molecule is C=C1CCC(=CC(=O)OC)C[C@H]1O[Si](C)(C)C(C)(C)C. The summed E-state index contributed by atoms with van der Waals surface area (Å²) < 4.78 is 11.1. The van der Waals surface area contributed by atoms with E-state index < -0.39 is 8.32 Å². The van der Waals surface area contributed by atoms with Gasteiger partial charge in [0.15, 0.2) is 8.32 Å². The Balaban J connectivity index is 2.81. The summed E-state index contributed by atoms with van der Waals surface area (Å²) >= 11 is 0. The first-order valence-electron chi connectivity index (χ1n) is 7.19. The summed E-state index contributed by atoms with van der Waals surface area (Å²) in [5, 5.41) is 0.178. The fourth-order valence-electron chi connectivity index (χ4n) is 1.98. The van der Waals surface area contributed by atoms with Crippen molar-refractivity contribution >= 4 is 14.3 Å². The third kappa shape index (κ3) is 4.32. The number of rotatable bonds is 3. The molecule has 0 amide bonds. The second-order valence-corrected chi connectivity index (χ2v) is 11.8. The fourth-order valence-corrected chi connectivity index (χ4v) is 3.30. The van der Waals surface area contributed by atoms with Crippen molar-refractivity contribution in [2.45, 2.75) is 64.3 Å². The zero-order valence-electron chi connectivity index (χ0n) is 13.7. The van der Waals surface area contributed by atoms with Crippen molar-refractivity contribution < 1.29 is 14.0 Å². The summed E-state index contributed by atoms with van der Waals surface area (Å²) in [5.74, 6) is -0.279. The minimum atomic E-state index is -1.82. The molecule has 0 aromatic rings. The maximum atomic E-state index is 11.4. The number of hydrogen-bond acceptors (Lipinski definition) is 3. The van der Waals surface area contributed by atoms with E-state index in [0.29, 0.717) is 0 Å². The molecule has 4 heteroatoms. The number of carbonyl (C=O) groups is 1. The van der Waals surface area contributed by atoms with Gasteiger partial charge in [-0.1, -0.05) is 32.9 Å². The number of hydrogen-bond donors (Lipinski definition) is 0. The first-order chi connectivity index (χ1) is 9.06. The van der Waals surface area contributed by atoms with E-state index in [-0.39, 0.29) is 17.1 Å².